The van der Waals surface area contributed by atoms with Gasteiger partial charge in [0.05, 0.1) is 25.6 Å². The van der Waals surface area contributed by atoms with Crippen LogP contribution in [-0.4, -0.2) is 38.0 Å². The SMILES string of the molecule is O=C(Cc1ccsc1)N1CC(F)(F)CC1c1nncn1Cc1ccccc1. The lowest BCUT2D eigenvalue weighted by molar-refractivity contribution is -0.132. The Morgan fingerprint density at radius 2 is 2.04 bits per heavy atom. The van der Waals surface area contributed by atoms with Gasteiger partial charge in [-0.05, 0) is 28.0 Å². The van der Waals surface area contributed by atoms with Crippen LogP contribution in [0.2, 0.25) is 0 Å². The molecule has 2 aromatic heterocycles. The maximum atomic E-state index is 14.2. The first kappa shape index (κ1) is 17.8. The van der Waals surface area contributed by atoms with Gasteiger partial charge in [-0.3, -0.25) is 4.79 Å². The molecule has 1 fully saturated rings. The fourth-order valence-corrected chi connectivity index (χ4v) is 4.07. The van der Waals surface area contributed by atoms with Crippen molar-refractivity contribution in [3.63, 3.8) is 0 Å². The number of carbonyl (C=O) groups is 1. The second kappa shape index (κ2) is 7.19. The van der Waals surface area contributed by atoms with Crippen LogP contribution in [0.25, 0.3) is 0 Å². The number of halogens is 2. The Bertz CT molecular complexity index is 911. The molecule has 3 aromatic rings. The molecule has 5 nitrogen and oxygen atoms in total. The number of rotatable bonds is 5. The Balaban J connectivity index is 1.59. The second-order valence-corrected chi connectivity index (χ2v) is 7.49. The number of likely N-dealkylation sites (tertiary alicyclic amines) is 1. The molecule has 140 valence electrons. The van der Waals surface area contributed by atoms with Crippen molar-refractivity contribution in [2.45, 2.75) is 31.4 Å². The van der Waals surface area contributed by atoms with E-state index >= 15 is 0 Å². The van der Waals surface area contributed by atoms with E-state index in [0.717, 1.165) is 11.1 Å². The van der Waals surface area contributed by atoms with Crippen molar-refractivity contribution in [1.82, 2.24) is 19.7 Å². The summed E-state index contributed by atoms with van der Waals surface area (Å²) in [6, 6.07) is 10.7. The highest BCUT2D eigenvalue weighted by Crippen LogP contribution is 2.40. The molecule has 0 bridgehead atoms. The fraction of sp³-hybridized carbons (Fsp3) is 0.316. The average Bonchev–Trinajstić information content (AvgIpc) is 3.36. The van der Waals surface area contributed by atoms with E-state index in [1.54, 1.807) is 4.57 Å². The van der Waals surface area contributed by atoms with E-state index in [4.69, 9.17) is 0 Å². The minimum Gasteiger partial charge on any atom is -0.326 e. The van der Waals surface area contributed by atoms with Crippen LogP contribution < -0.4 is 0 Å². The molecule has 1 aliphatic rings. The third kappa shape index (κ3) is 3.90. The van der Waals surface area contributed by atoms with Gasteiger partial charge < -0.3 is 9.47 Å². The molecule has 0 aliphatic carbocycles. The van der Waals surface area contributed by atoms with Crippen LogP contribution in [-0.2, 0) is 17.8 Å². The number of hydrogen-bond donors (Lipinski definition) is 0. The van der Waals surface area contributed by atoms with Crippen molar-refractivity contribution >= 4 is 17.2 Å². The third-order valence-electron chi connectivity index (χ3n) is 4.66. The van der Waals surface area contributed by atoms with E-state index in [1.165, 1.54) is 22.6 Å². The van der Waals surface area contributed by atoms with Crippen LogP contribution >= 0.6 is 11.3 Å². The molecule has 0 saturated carbocycles. The predicted molar refractivity (Wildman–Crippen MR) is 97.6 cm³/mol. The zero-order valence-electron chi connectivity index (χ0n) is 14.5. The van der Waals surface area contributed by atoms with Crippen molar-refractivity contribution < 1.29 is 13.6 Å². The number of nitrogens with zero attached hydrogens (tertiary/aromatic N) is 4. The van der Waals surface area contributed by atoms with Gasteiger partial charge in [-0.15, -0.1) is 10.2 Å². The molecule has 27 heavy (non-hydrogen) atoms. The zero-order chi connectivity index (χ0) is 18.9. The first-order valence-corrected chi connectivity index (χ1v) is 9.56. The molecule has 4 rings (SSSR count). The van der Waals surface area contributed by atoms with Crippen LogP contribution in [0.1, 0.15) is 29.4 Å². The topological polar surface area (TPSA) is 51.0 Å². The summed E-state index contributed by atoms with van der Waals surface area (Å²) in [5, 5.41) is 11.7. The molecule has 1 atom stereocenters. The molecule has 0 radical (unpaired) electrons. The van der Waals surface area contributed by atoms with E-state index in [0.29, 0.717) is 12.4 Å². The maximum Gasteiger partial charge on any atom is 0.267 e. The Kier molecular flexibility index (Phi) is 4.73. The molecule has 0 N–H and O–H groups in total. The van der Waals surface area contributed by atoms with Gasteiger partial charge in [-0.1, -0.05) is 30.3 Å². The zero-order valence-corrected chi connectivity index (χ0v) is 15.3. The molecule has 1 aromatic carbocycles. The summed E-state index contributed by atoms with van der Waals surface area (Å²) in [6.07, 6.45) is 1.21. The number of amides is 1. The van der Waals surface area contributed by atoms with Gasteiger partial charge >= 0.3 is 0 Å². The Labute approximate surface area is 159 Å². The number of thiophene rings is 1. The van der Waals surface area contributed by atoms with Gasteiger partial charge in [-0.2, -0.15) is 11.3 Å². The molecule has 3 heterocycles. The lowest BCUT2D eigenvalue weighted by Gasteiger charge is -2.23. The summed E-state index contributed by atoms with van der Waals surface area (Å²) in [4.78, 5) is 14.0. The van der Waals surface area contributed by atoms with Crippen LogP contribution in [0.15, 0.2) is 53.5 Å². The molecule has 1 aliphatic heterocycles. The standard InChI is InChI=1S/C19H18F2N4OS/c20-19(21)9-16(25(12-19)17(26)8-15-6-7-27-11-15)18-23-22-13-24(18)10-14-4-2-1-3-5-14/h1-7,11,13,16H,8-10,12H2. The lowest BCUT2D eigenvalue weighted by atomic mass is 10.1. The Hall–Kier alpha value is -2.61. The van der Waals surface area contributed by atoms with Crippen molar-refractivity contribution in [3.05, 3.63) is 70.4 Å². The Morgan fingerprint density at radius 3 is 2.78 bits per heavy atom. The molecule has 8 heteroatoms. The number of hydrogen-bond acceptors (Lipinski definition) is 4. The summed E-state index contributed by atoms with van der Waals surface area (Å²) < 4.78 is 30.1. The second-order valence-electron chi connectivity index (χ2n) is 6.71. The largest absolute Gasteiger partial charge is 0.326 e. The maximum absolute atomic E-state index is 14.2. The van der Waals surface area contributed by atoms with Crippen molar-refractivity contribution in [1.29, 1.82) is 0 Å². The highest BCUT2D eigenvalue weighted by molar-refractivity contribution is 7.08. The van der Waals surface area contributed by atoms with Crippen LogP contribution in [0.3, 0.4) is 0 Å². The molecular formula is C19H18F2N4OS. The van der Waals surface area contributed by atoms with Crippen molar-refractivity contribution in [3.8, 4) is 0 Å². The number of benzene rings is 1. The fourth-order valence-electron chi connectivity index (χ4n) is 3.40. The number of aromatic nitrogens is 3. The quantitative estimate of drug-likeness (QED) is 0.672. The lowest BCUT2D eigenvalue weighted by Crippen LogP contribution is -2.35. The van der Waals surface area contributed by atoms with Crippen LogP contribution in [0, 0.1) is 0 Å². The van der Waals surface area contributed by atoms with E-state index < -0.39 is 24.9 Å². The smallest absolute Gasteiger partial charge is 0.267 e. The summed E-state index contributed by atoms with van der Waals surface area (Å²) in [7, 11) is 0. The minimum absolute atomic E-state index is 0.114. The highest BCUT2D eigenvalue weighted by Gasteiger charge is 2.49. The van der Waals surface area contributed by atoms with E-state index in [-0.39, 0.29) is 12.3 Å². The van der Waals surface area contributed by atoms with Gasteiger partial charge in [0.15, 0.2) is 5.82 Å². The van der Waals surface area contributed by atoms with Gasteiger partial charge in [0.25, 0.3) is 5.92 Å². The van der Waals surface area contributed by atoms with Gasteiger partial charge in [-0.25, -0.2) is 8.78 Å². The van der Waals surface area contributed by atoms with Gasteiger partial charge in [0.1, 0.15) is 6.33 Å². The molecule has 1 unspecified atom stereocenters. The molecular weight excluding hydrogens is 370 g/mol. The van der Waals surface area contributed by atoms with E-state index in [2.05, 4.69) is 10.2 Å². The van der Waals surface area contributed by atoms with Gasteiger partial charge in [0, 0.05) is 6.42 Å². The first-order valence-electron chi connectivity index (χ1n) is 8.62. The average molecular weight is 388 g/mol. The number of carbonyl (C=O) groups excluding carboxylic acids is 1. The first-order chi connectivity index (χ1) is 13.0. The van der Waals surface area contributed by atoms with Gasteiger partial charge in [0.2, 0.25) is 5.91 Å². The van der Waals surface area contributed by atoms with E-state index in [1.807, 2.05) is 47.2 Å². The van der Waals surface area contributed by atoms with Crippen LogP contribution in [0.4, 0.5) is 8.78 Å². The molecule has 1 amide bonds. The Morgan fingerprint density at radius 1 is 1.22 bits per heavy atom. The predicted octanol–water partition coefficient (Wildman–Crippen LogP) is 3.54. The summed E-state index contributed by atoms with van der Waals surface area (Å²) >= 11 is 1.48. The van der Waals surface area contributed by atoms with Crippen LogP contribution in [0.5, 0.6) is 0 Å². The normalized spacial score (nSPS) is 18.7. The highest BCUT2D eigenvalue weighted by atomic mass is 32.1. The van der Waals surface area contributed by atoms with Crippen molar-refractivity contribution in [2.24, 2.45) is 0 Å². The third-order valence-corrected chi connectivity index (χ3v) is 5.40. The monoisotopic (exact) mass is 388 g/mol. The molecule has 1 saturated heterocycles. The summed E-state index contributed by atoms with van der Waals surface area (Å²) in [5.74, 6) is -2.85. The minimum atomic E-state index is -2.93. The summed E-state index contributed by atoms with van der Waals surface area (Å²) in [5.41, 5.74) is 1.85. The van der Waals surface area contributed by atoms with E-state index in [9.17, 15) is 13.6 Å². The number of alkyl halides is 2. The molecule has 0 spiro atoms. The van der Waals surface area contributed by atoms with Crippen molar-refractivity contribution in [2.75, 3.05) is 6.54 Å². The summed E-state index contributed by atoms with van der Waals surface area (Å²) in [6.45, 7) is -0.114.